The SMILES string of the molecule is Cc1ccc(S(=O)(=O)NC(=O)Nc2ccc(S(=O)(=O)c3ccc(NC(=O)NS(=O)(=O)c4ccc(C)cc4)cc3)cc2)cc1. The second-order valence-electron chi connectivity index (χ2n) is 9.30. The summed E-state index contributed by atoms with van der Waals surface area (Å²) in [5, 5.41) is 4.68. The lowest BCUT2D eigenvalue weighted by Crippen LogP contribution is -2.34. The molecule has 0 aromatic heterocycles. The normalized spacial score (nSPS) is 11.8. The van der Waals surface area contributed by atoms with E-state index in [1.165, 1.54) is 72.8 Å². The zero-order valence-electron chi connectivity index (χ0n) is 22.7. The maximum absolute atomic E-state index is 13.1. The van der Waals surface area contributed by atoms with E-state index in [-0.39, 0.29) is 31.0 Å². The number of aryl methyl sites for hydroxylation is 2. The average molecular weight is 643 g/mol. The highest BCUT2D eigenvalue weighted by atomic mass is 32.2. The number of sulfone groups is 1. The first kappa shape index (κ1) is 31.2. The van der Waals surface area contributed by atoms with Crippen LogP contribution in [0.2, 0.25) is 0 Å². The van der Waals surface area contributed by atoms with Gasteiger partial charge in [0.25, 0.3) is 20.0 Å². The molecule has 43 heavy (non-hydrogen) atoms. The van der Waals surface area contributed by atoms with Gasteiger partial charge in [0.05, 0.1) is 19.6 Å². The van der Waals surface area contributed by atoms with Crippen LogP contribution in [0, 0.1) is 13.8 Å². The van der Waals surface area contributed by atoms with Crippen LogP contribution in [0.25, 0.3) is 0 Å². The average Bonchev–Trinajstić information content (AvgIpc) is 2.93. The maximum Gasteiger partial charge on any atom is 0.333 e. The van der Waals surface area contributed by atoms with Crippen molar-refractivity contribution in [3.05, 3.63) is 108 Å². The van der Waals surface area contributed by atoms with Gasteiger partial charge < -0.3 is 10.6 Å². The molecule has 0 saturated carbocycles. The van der Waals surface area contributed by atoms with Gasteiger partial charge in [-0.1, -0.05) is 35.4 Å². The predicted molar refractivity (Wildman–Crippen MR) is 159 cm³/mol. The highest BCUT2D eigenvalue weighted by Gasteiger charge is 2.21. The molecule has 0 bridgehead atoms. The smallest absolute Gasteiger partial charge is 0.307 e. The Morgan fingerprint density at radius 3 is 1.02 bits per heavy atom. The molecule has 12 nitrogen and oxygen atoms in total. The van der Waals surface area contributed by atoms with Crippen LogP contribution in [0.15, 0.2) is 117 Å². The minimum absolute atomic E-state index is 0.0937. The Kier molecular flexibility index (Phi) is 8.89. The standard InChI is InChI=1S/C28H26N4O8S3/c1-19-3-11-25(12-4-19)42(37,38)31-27(33)29-21-7-15-23(16-8-21)41(35,36)24-17-9-22(10-18-24)30-28(34)32-43(39,40)26-13-5-20(2)6-14-26/h3-18H,1-2H3,(H2,29,31,33)(H2,30,32,34). The van der Waals surface area contributed by atoms with Gasteiger partial charge in [-0.3, -0.25) is 0 Å². The van der Waals surface area contributed by atoms with Crippen molar-refractivity contribution in [3.63, 3.8) is 0 Å². The Morgan fingerprint density at radius 1 is 0.442 bits per heavy atom. The molecule has 4 aromatic rings. The number of rotatable bonds is 8. The van der Waals surface area contributed by atoms with E-state index >= 15 is 0 Å². The molecular formula is C28H26N4O8S3. The molecule has 0 saturated heterocycles. The molecule has 0 fully saturated rings. The molecule has 15 heteroatoms. The zero-order chi connectivity index (χ0) is 31.4. The molecule has 0 heterocycles. The maximum atomic E-state index is 13.1. The first-order valence-electron chi connectivity index (χ1n) is 12.4. The van der Waals surface area contributed by atoms with Gasteiger partial charge in [0, 0.05) is 11.4 Å². The molecule has 224 valence electrons. The molecule has 0 aliphatic carbocycles. The number of sulfonamides is 2. The third kappa shape index (κ3) is 7.77. The van der Waals surface area contributed by atoms with Gasteiger partial charge in [-0.15, -0.1) is 0 Å². The number of nitrogens with one attached hydrogen (secondary N) is 4. The second-order valence-corrected chi connectivity index (χ2v) is 14.6. The fourth-order valence-corrected chi connectivity index (χ4v) is 6.76. The molecule has 0 unspecified atom stereocenters. The van der Waals surface area contributed by atoms with Crippen molar-refractivity contribution in [2.24, 2.45) is 0 Å². The van der Waals surface area contributed by atoms with E-state index in [1.54, 1.807) is 38.1 Å². The summed E-state index contributed by atoms with van der Waals surface area (Å²) in [6.07, 6.45) is 0. The van der Waals surface area contributed by atoms with Crippen molar-refractivity contribution in [1.29, 1.82) is 0 Å². The summed E-state index contributed by atoms with van der Waals surface area (Å²) in [5.74, 6) is 0. The van der Waals surface area contributed by atoms with Crippen LogP contribution in [0.5, 0.6) is 0 Å². The van der Waals surface area contributed by atoms with Crippen LogP contribution in [0.1, 0.15) is 11.1 Å². The van der Waals surface area contributed by atoms with Gasteiger partial charge in [-0.2, -0.15) is 0 Å². The Balaban J connectivity index is 1.37. The van der Waals surface area contributed by atoms with Crippen LogP contribution < -0.4 is 20.1 Å². The molecule has 4 aromatic carbocycles. The van der Waals surface area contributed by atoms with E-state index in [9.17, 15) is 34.8 Å². The van der Waals surface area contributed by atoms with Crippen LogP contribution in [0.4, 0.5) is 21.0 Å². The largest absolute Gasteiger partial charge is 0.333 e. The third-order valence-corrected chi connectivity index (χ3v) is 10.4. The van der Waals surface area contributed by atoms with Gasteiger partial charge in [0.1, 0.15) is 0 Å². The molecule has 0 radical (unpaired) electrons. The molecule has 0 atom stereocenters. The molecule has 0 aliphatic rings. The van der Waals surface area contributed by atoms with E-state index in [0.717, 1.165) is 11.1 Å². The summed E-state index contributed by atoms with van der Waals surface area (Å²) in [7, 11) is -12.2. The number of hydrogen-bond acceptors (Lipinski definition) is 8. The summed E-state index contributed by atoms with van der Waals surface area (Å²) < 4.78 is 79.5. The minimum atomic E-state index is -4.12. The Bertz CT molecular complexity index is 1840. The van der Waals surface area contributed by atoms with Gasteiger partial charge in [0.2, 0.25) is 9.84 Å². The number of carbonyl (C=O) groups excluding carboxylic acids is 2. The number of hydrogen-bond donors (Lipinski definition) is 4. The number of anilines is 2. The lowest BCUT2D eigenvalue weighted by molar-refractivity contribution is 0.255. The Hall–Kier alpha value is -4.73. The van der Waals surface area contributed by atoms with Gasteiger partial charge >= 0.3 is 12.1 Å². The molecule has 0 aliphatic heterocycles. The van der Waals surface area contributed by atoms with E-state index in [4.69, 9.17) is 0 Å². The van der Waals surface area contributed by atoms with E-state index < -0.39 is 41.9 Å². The summed E-state index contributed by atoms with van der Waals surface area (Å²) >= 11 is 0. The van der Waals surface area contributed by atoms with E-state index in [1.807, 2.05) is 9.44 Å². The molecule has 4 rings (SSSR count). The number of carbonyl (C=O) groups is 2. The molecule has 4 N–H and O–H groups in total. The highest BCUT2D eigenvalue weighted by Crippen LogP contribution is 2.24. The summed E-state index contributed by atoms with van der Waals surface area (Å²) in [5.41, 5.74) is 1.98. The number of benzene rings is 4. The number of urea groups is 2. The first-order valence-corrected chi connectivity index (χ1v) is 16.9. The van der Waals surface area contributed by atoms with Gasteiger partial charge in [-0.25, -0.2) is 44.3 Å². The van der Waals surface area contributed by atoms with Crippen molar-refractivity contribution in [3.8, 4) is 0 Å². The van der Waals surface area contributed by atoms with Gasteiger partial charge in [-0.05, 0) is 86.6 Å². The summed E-state index contributed by atoms with van der Waals surface area (Å²) in [4.78, 5) is 24.1. The third-order valence-electron chi connectivity index (χ3n) is 5.96. The van der Waals surface area contributed by atoms with Crippen LogP contribution >= 0.6 is 0 Å². The van der Waals surface area contributed by atoms with Crippen LogP contribution in [-0.4, -0.2) is 37.3 Å². The lowest BCUT2D eigenvalue weighted by Gasteiger charge is -2.11. The predicted octanol–water partition coefficient (Wildman–Crippen LogP) is 4.16. The summed E-state index contributed by atoms with van der Waals surface area (Å²) in [6.45, 7) is 3.58. The van der Waals surface area contributed by atoms with Crippen molar-refractivity contribution < 1.29 is 34.8 Å². The quantitative estimate of drug-likeness (QED) is 0.221. The monoisotopic (exact) mass is 642 g/mol. The number of amides is 4. The van der Waals surface area contributed by atoms with Crippen LogP contribution in [-0.2, 0) is 29.9 Å². The van der Waals surface area contributed by atoms with E-state index in [2.05, 4.69) is 10.6 Å². The lowest BCUT2D eigenvalue weighted by atomic mass is 10.2. The molecule has 4 amide bonds. The first-order chi connectivity index (χ1) is 20.2. The van der Waals surface area contributed by atoms with Crippen molar-refractivity contribution in [2.75, 3.05) is 10.6 Å². The second kappa shape index (κ2) is 12.2. The molecular weight excluding hydrogens is 617 g/mol. The topological polar surface area (TPSA) is 185 Å². The highest BCUT2D eigenvalue weighted by molar-refractivity contribution is 7.91. The fraction of sp³-hybridized carbons (Fsp3) is 0.0714. The fourth-order valence-electron chi connectivity index (χ4n) is 3.68. The van der Waals surface area contributed by atoms with Gasteiger partial charge in [0.15, 0.2) is 0 Å². The Morgan fingerprint density at radius 2 is 0.721 bits per heavy atom. The zero-order valence-corrected chi connectivity index (χ0v) is 25.2. The van der Waals surface area contributed by atoms with Crippen molar-refractivity contribution in [2.45, 2.75) is 33.4 Å². The van der Waals surface area contributed by atoms with E-state index in [0.29, 0.717) is 0 Å². The Labute approximate surface area is 249 Å². The van der Waals surface area contributed by atoms with Crippen molar-refractivity contribution >= 4 is 53.3 Å². The van der Waals surface area contributed by atoms with Crippen molar-refractivity contribution in [1.82, 2.24) is 9.44 Å². The minimum Gasteiger partial charge on any atom is -0.307 e. The van der Waals surface area contributed by atoms with Crippen LogP contribution in [0.3, 0.4) is 0 Å². The molecule has 0 spiro atoms. The summed E-state index contributed by atoms with van der Waals surface area (Å²) in [6, 6.07) is 19.8.